The first kappa shape index (κ1) is 11.1. The fourth-order valence-electron chi connectivity index (χ4n) is 1.10. The summed E-state index contributed by atoms with van der Waals surface area (Å²) in [5.74, 6) is -0.783. The quantitative estimate of drug-likeness (QED) is 0.846. The van der Waals surface area contributed by atoms with Crippen molar-refractivity contribution in [2.45, 2.75) is 4.34 Å². The molecule has 0 amide bonds. The molecule has 0 aromatic carbocycles. The summed E-state index contributed by atoms with van der Waals surface area (Å²) in [6, 6.07) is 3.75. The number of thioether (sulfide) groups is 1. The average Bonchev–Trinajstić information content (AvgIpc) is 2.76. The Balaban J connectivity index is 2.11. The van der Waals surface area contributed by atoms with Crippen LogP contribution in [0.15, 0.2) is 34.2 Å². The Hall–Kier alpha value is -1.40. The van der Waals surface area contributed by atoms with E-state index < -0.39 is 5.97 Å². The Labute approximate surface area is 100 Å². The van der Waals surface area contributed by atoms with E-state index >= 15 is 0 Å². The highest BCUT2D eigenvalue weighted by Gasteiger charge is 2.06. The third-order valence-electron chi connectivity index (χ3n) is 1.78. The number of aliphatic carboxylic acids is 1. The molecule has 0 aliphatic heterocycles. The van der Waals surface area contributed by atoms with Gasteiger partial charge in [0.25, 0.3) is 0 Å². The zero-order valence-electron chi connectivity index (χ0n) is 8.16. The van der Waals surface area contributed by atoms with Crippen molar-refractivity contribution >= 4 is 29.1 Å². The molecular weight excluding hydrogens is 244 g/mol. The van der Waals surface area contributed by atoms with Gasteiger partial charge in [0.2, 0.25) is 0 Å². The van der Waals surface area contributed by atoms with E-state index in [9.17, 15) is 4.79 Å². The highest BCUT2D eigenvalue weighted by atomic mass is 32.2. The number of carboxylic acid groups (broad SMARTS) is 1. The van der Waals surface area contributed by atoms with Gasteiger partial charge in [-0.15, -0.1) is 11.3 Å². The number of carbonyl (C=O) groups is 1. The monoisotopic (exact) mass is 252 g/mol. The molecule has 0 spiro atoms. The summed E-state index contributed by atoms with van der Waals surface area (Å²) in [6.45, 7) is 0. The summed E-state index contributed by atoms with van der Waals surface area (Å²) < 4.78 is 0.772. The van der Waals surface area contributed by atoms with Crippen LogP contribution in [0.3, 0.4) is 0 Å². The van der Waals surface area contributed by atoms with Crippen LogP contribution in [0.2, 0.25) is 0 Å². The maximum atomic E-state index is 10.4. The second-order valence-electron chi connectivity index (χ2n) is 2.92. The second kappa shape index (κ2) is 5.09. The molecule has 0 aliphatic rings. The largest absolute Gasteiger partial charge is 0.481 e. The van der Waals surface area contributed by atoms with E-state index in [-0.39, 0.29) is 5.75 Å². The fourth-order valence-corrected chi connectivity index (χ4v) is 2.66. The highest BCUT2D eigenvalue weighted by molar-refractivity contribution is 8.01. The van der Waals surface area contributed by atoms with Crippen LogP contribution < -0.4 is 0 Å². The molecule has 0 atom stereocenters. The molecule has 4 nitrogen and oxygen atoms in total. The van der Waals surface area contributed by atoms with Crippen LogP contribution in [0, 0.1) is 0 Å². The summed E-state index contributed by atoms with van der Waals surface area (Å²) >= 11 is 2.69. The lowest BCUT2D eigenvalue weighted by Crippen LogP contribution is -1.96. The van der Waals surface area contributed by atoms with E-state index in [2.05, 4.69) is 9.97 Å². The van der Waals surface area contributed by atoms with Crippen LogP contribution in [0.25, 0.3) is 11.3 Å². The summed E-state index contributed by atoms with van der Waals surface area (Å²) in [4.78, 5) is 18.7. The van der Waals surface area contributed by atoms with E-state index in [1.165, 1.54) is 23.1 Å². The minimum atomic E-state index is -0.828. The third-order valence-corrected chi connectivity index (χ3v) is 3.78. The van der Waals surface area contributed by atoms with Gasteiger partial charge in [0.1, 0.15) is 0 Å². The van der Waals surface area contributed by atoms with Gasteiger partial charge in [-0.1, -0.05) is 11.8 Å². The SMILES string of the molecule is O=C(O)CSc1nc(-c2ccncc2)cs1. The van der Waals surface area contributed by atoms with E-state index in [0.29, 0.717) is 0 Å². The number of hydrogen-bond acceptors (Lipinski definition) is 5. The lowest BCUT2D eigenvalue weighted by atomic mass is 10.2. The number of pyridine rings is 1. The van der Waals surface area contributed by atoms with Crippen LogP contribution in [-0.2, 0) is 4.79 Å². The Morgan fingerprint density at radius 2 is 2.19 bits per heavy atom. The van der Waals surface area contributed by atoms with Gasteiger partial charge in [-0.25, -0.2) is 4.98 Å². The lowest BCUT2D eigenvalue weighted by molar-refractivity contribution is -0.133. The van der Waals surface area contributed by atoms with Crippen LogP contribution in [0.1, 0.15) is 0 Å². The zero-order valence-corrected chi connectivity index (χ0v) is 9.79. The molecule has 0 radical (unpaired) electrons. The highest BCUT2D eigenvalue weighted by Crippen LogP contribution is 2.27. The first-order valence-electron chi connectivity index (χ1n) is 4.46. The van der Waals surface area contributed by atoms with Crippen molar-refractivity contribution in [1.29, 1.82) is 0 Å². The number of hydrogen-bond donors (Lipinski definition) is 1. The molecule has 82 valence electrons. The Kier molecular flexibility index (Phi) is 3.53. The Morgan fingerprint density at radius 3 is 2.88 bits per heavy atom. The number of thiazole rings is 1. The average molecular weight is 252 g/mol. The second-order valence-corrected chi connectivity index (χ2v) is 5.00. The Morgan fingerprint density at radius 1 is 1.44 bits per heavy atom. The van der Waals surface area contributed by atoms with Crippen LogP contribution in [0.5, 0.6) is 0 Å². The fraction of sp³-hybridized carbons (Fsp3) is 0.100. The smallest absolute Gasteiger partial charge is 0.313 e. The molecule has 0 saturated heterocycles. The van der Waals surface area contributed by atoms with Gasteiger partial charge in [-0.3, -0.25) is 9.78 Å². The standard InChI is InChI=1S/C10H8N2O2S2/c13-9(14)6-16-10-12-8(5-15-10)7-1-3-11-4-2-7/h1-5H,6H2,(H,13,14). The van der Waals surface area contributed by atoms with Gasteiger partial charge >= 0.3 is 5.97 Å². The van der Waals surface area contributed by atoms with Crippen molar-refractivity contribution < 1.29 is 9.90 Å². The number of carboxylic acids is 1. The molecule has 16 heavy (non-hydrogen) atoms. The number of aromatic nitrogens is 2. The first-order valence-corrected chi connectivity index (χ1v) is 6.33. The molecule has 2 rings (SSSR count). The van der Waals surface area contributed by atoms with Crippen LogP contribution in [0.4, 0.5) is 0 Å². The van der Waals surface area contributed by atoms with E-state index in [1.807, 2.05) is 17.5 Å². The van der Waals surface area contributed by atoms with Gasteiger partial charge in [-0.2, -0.15) is 0 Å². The van der Waals surface area contributed by atoms with Gasteiger partial charge in [0.15, 0.2) is 4.34 Å². The van der Waals surface area contributed by atoms with Crippen molar-refractivity contribution in [2.75, 3.05) is 5.75 Å². The molecule has 1 N–H and O–H groups in total. The zero-order chi connectivity index (χ0) is 11.4. The van der Waals surface area contributed by atoms with E-state index in [1.54, 1.807) is 12.4 Å². The minimum absolute atomic E-state index is 0.0449. The molecule has 2 heterocycles. The molecule has 2 aromatic rings. The molecule has 6 heteroatoms. The topological polar surface area (TPSA) is 63.1 Å². The minimum Gasteiger partial charge on any atom is -0.481 e. The van der Waals surface area contributed by atoms with E-state index in [4.69, 9.17) is 5.11 Å². The molecular formula is C10H8N2O2S2. The van der Waals surface area contributed by atoms with Crippen molar-refractivity contribution in [3.63, 3.8) is 0 Å². The van der Waals surface area contributed by atoms with Crippen molar-refractivity contribution in [1.82, 2.24) is 9.97 Å². The van der Waals surface area contributed by atoms with Gasteiger partial charge in [-0.05, 0) is 12.1 Å². The normalized spacial score (nSPS) is 10.2. The molecule has 0 aliphatic carbocycles. The number of nitrogens with zero attached hydrogens (tertiary/aromatic N) is 2. The summed E-state index contributed by atoms with van der Waals surface area (Å²) in [7, 11) is 0. The van der Waals surface area contributed by atoms with Crippen molar-refractivity contribution in [3.05, 3.63) is 29.9 Å². The first-order chi connectivity index (χ1) is 7.75. The molecule has 0 unspecified atom stereocenters. The lowest BCUT2D eigenvalue weighted by Gasteiger charge is -1.93. The predicted molar refractivity (Wildman–Crippen MR) is 63.7 cm³/mol. The maximum Gasteiger partial charge on any atom is 0.313 e. The summed E-state index contributed by atoms with van der Waals surface area (Å²) in [5.41, 5.74) is 1.86. The predicted octanol–water partition coefficient (Wildman–Crippen LogP) is 2.38. The van der Waals surface area contributed by atoms with Crippen molar-refractivity contribution in [3.8, 4) is 11.3 Å². The van der Waals surface area contributed by atoms with Gasteiger partial charge < -0.3 is 5.11 Å². The maximum absolute atomic E-state index is 10.4. The molecule has 0 saturated carbocycles. The van der Waals surface area contributed by atoms with Crippen LogP contribution >= 0.6 is 23.1 Å². The number of rotatable bonds is 4. The van der Waals surface area contributed by atoms with Gasteiger partial charge in [0, 0.05) is 23.3 Å². The molecule has 2 aromatic heterocycles. The van der Waals surface area contributed by atoms with E-state index in [0.717, 1.165) is 15.6 Å². The Bertz CT molecular complexity index is 485. The molecule has 0 bridgehead atoms. The summed E-state index contributed by atoms with van der Waals surface area (Å²) in [5, 5.41) is 10.5. The van der Waals surface area contributed by atoms with Gasteiger partial charge in [0.05, 0.1) is 11.4 Å². The van der Waals surface area contributed by atoms with Crippen LogP contribution in [-0.4, -0.2) is 26.8 Å². The van der Waals surface area contributed by atoms with Crippen molar-refractivity contribution in [2.24, 2.45) is 0 Å². The molecule has 0 fully saturated rings. The third kappa shape index (κ3) is 2.80. The summed E-state index contributed by atoms with van der Waals surface area (Å²) in [6.07, 6.45) is 3.41.